The summed E-state index contributed by atoms with van der Waals surface area (Å²) in [4.78, 5) is 24.8. The van der Waals surface area contributed by atoms with Gasteiger partial charge in [-0.1, -0.05) is 46.0 Å². The van der Waals surface area contributed by atoms with E-state index in [4.69, 9.17) is 9.47 Å². The SMILES string of the molecule is CC(C)CCCCCOC(=O)C1CCCC(C(=O)OC2CCCCC2)C1. The van der Waals surface area contributed by atoms with E-state index in [0.717, 1.165) is 63.7 Å². The minimum Gasteiger partial charge on any atom is -0.465 e. The second-order valence-corrected chi connectivity index (χ2v) is 8.67. The molecule has 2 fully saturated rings. The Morgan fingerprint density at radius 3 is 2.23 bits per heavy atom. The van der Waals surface area contributed by atoms with E-state index in [2.05, 4.69) is 13.8 Å². The first-order valence-corrected chi connectivity index (χ1v) is 10.9. The summed E-state index contributed by atoms with van der Waals surface area (Å²) in [6.07, 6.45) is 13.4. The van der Waals surface area contributed by atoms with Crippen molar-refractivity contribution in [3.8, 4) is 0 Å². The van der Waals surface area contributed by atoms with Crippen LogP contribution in [0.3, 0.4) is 0 Å². The lowest BCUT2D eigenvalue weighted by Crippen LogP contribution is -2.32. The lowest BCUT2D eigenvalue weighted by atomic mass is 9.81. The van der Waals surface area contributed by atoms with Gasteiger partial charge >= 0.3 is 11.9 Å². The quantitative estimate of drug-likeness (QED) is 0.403. The van der Waals surface area contributed by atoms with Gasteiger partial charge in [-0.2, -0.15) is 0 Å². The zero-order valence-corrected chi connectivity index (χ0v) is 16.8. The number of esters is 2. The molecule has 0 aromatic rings. The first-order valence-electron chi connectivity index (χ1n) is 10.9. The van der Waals surface area contributed by atoms with Crippen LogP contribution in [0.1, 0.15) is 97.3 Å². The summed E-state index contributed by atoms with van der Waals surface area (Å²) in [5, 5.41) is 0. The summed E-state index contributed by atoms with van der Waals surface area (Å²) in [6, 6.07) is 0. The summed E-state index contributed by atoms with van der Waals surface area (Å²) < 4.78 is 11.2. The third-order valence-corrected chi connectivity index (χ3v) is 5.85. The number of unbranched alkanes of at least 4 members (excludes halogenated alkanes) is 2. The van der Waals surface area contributed by atoms with Crippen molar-refractivity contribution >= 4 is 11.9 Å². The van der Waals surface area contributed by atoms with E-state index in [1.54, 1.807) is 0 Å². The molecule has 0 aliphatic heterocycles. The second kappa shape index (κ2) is 11.6. The maximum absolute atomic E-state index is 12.4. The molecule has 4 heteroatoms. The van der Waals surface area contributed by atoms with Crippen LogP contribution in [0, 0.1) is 17.8 Å². The van der Waals surface area contributed by atoms with Crippen LogP contribution in [0.2, 0.25) is 0 Å². The van der Waals surface area contributed by atoms with Gasteiger partial charge in [0.1, 0.15) is 6.10 Å². The molecule has 0 N–H and O–H groups in total. The van der Waals surface area contributed by atoms with Crippen LogP contribution in [-0.4, -0.2) is 24.6 Å². The topological polar surface area (TPSA) is 52.6 Å². The third kappa shape index (κ3) is 7.67. The Hall–Kier alpha value is -1.06. The number of carbonyl (C=O) groups is 2. The predicted octanol–water partition coefficient (Wildman–Crippen LogP) is 5.43. The monoisotopic (exact) mass is 366 g/mol. The maximum Gasteiger partial charge on any atom is 0.309 e. The van der Waals surface area contributed by atoms with Crippen LogP contribution in [0.15, 0.2) is 0 Å². The smallest absolute Gasteiger partial charge is 0.309 e. The molecule has 2 unspecified atom stereocenters. The first kappa shape index (κ1) is 21.2. The highest BCUT2D eigenvalue weighted by Gasteiger charge is 2.34. The number of hydrogen-bond donors (Lipinski definition) is 0. The van der Waals surface area contributed by atoms with Crippen LogP contribution in [0.5, 0.6) is 0 Å². The van der Waals surface area contributed by atoms with Gasteiger partial charge in [-0.25, -0.2) is 0 Å². The molecule has 2 rings (SSSR count). The molecule has 2 aliphatic carbocycles. The van der Waals surface area contributed by atoms with Crippen molar-refractivity contribution in [2.24, 2.45) is 17.8 Å². The number of hydrogen-bond acceptors (Lipinski definition) is 4. The molecule has 0 amide bonds. The molecule has 4 nitrogen and oxygen atoms in total. The minimum absolute atomic E-state index is 0.0805. The van der Waals surface area contributed by atoms with E-state index in [-0.39, 0.29) is 29.9 Å². The fourth-order valence-electron chi connectivity index (χ4n) is 4.18. The summed E-state index contributed by atoms with van der Waals surface area (Å²) in [5.74, 6) is 0.315. The Morgan fingerprint density at radius 2 is 1.54 bits per heavy atom. The molecular weight excluding hydrogens is 328 g/mol. The standard InChI is InChI=1S/C22H38O4/c1-17(2)10-5-4-8-15-25-21(23)18-11-9-12-19(16-18)22(24)26-20-13-6-3-7-14-20/h17-20H,3-16H2,1-2H3. The van der Waals surface area contributed by atoms with Gasteiger partial charge < -0.3 is 9.47 Å². The van der Waals surface area contributed by atoms with Crippen molar-refractivity contribution in [3.05, 3.63) is 0 Å². The van der Waals surface area contributed by atoms with Gasteiger partial charge in [0, 0.05) is 0 Å². The molecule has 2 saturated carbocycles. The van der Waals surface area contributed by atoms with Gasteiger partial charge in [-0.3, -0.25) is 9.59 Å². The Labute approximate surface area is 159 Å². The van der Waals surface area contributed by atoms with E-state index in [0.29, 0.717) is 13.0 Å². The average Bonchev–Trinajstić information content (AvgIpc) is 2.65. The highest BCUT2D eigenvalue weighted by atomic mass is 16.5. The fraction of sp³-hybridized carbons (Fsp3) is 0.909. The highest BCUT2D eigenvalue weighted by Crippen LogP contribution is 2.32. The average molecular weight is 367 g/mol. The van der Waals surface area contributed by atoms with Crippen LogP contribution < -0.4 is 0 Å². The van der Waals surface area contributed by atoms with Crippen molar-refractivity contribution in [2.75, 3.05) is 6.61 Å². The molecule has 0 bridgehead atoms. The lowest BCUT2D eigenvalue weighted by molar-refractivity contribution is -0.159. The van der Waals surface area contributed by atoms with Crippen LogP contribution in [0.25, 0.3) is 0 Å². The Morgan fingerprint density at radius 1 is 0.846 bits per heavy atom. The van der Waals surface area contributed by atoms with Gasteiger partial charge in [-0.05, 0) is 57.3 Å². The zero-order chi connectivity index (χ0) is 18.8. The largest absolute Gasteiger partial charge is 0.465 e. The summed E-state index contributed by atoms with van der Waals surface area (Å²) >= 11 is 0. The van der Waals surface area contributed by atoms with E-state index >= 15 is 0 Å². The maximum atomic E-state index is 12.4. The van der Waals surface area contributed by atoms with E-state index in [9.17, 15) is 9.59 Å². The minimum atomic E-state index is -0.122. The van der Waals surface area contributed by atoms with E-state index in [1.165, 1.54) is 19.3 Å². The summed E-state index contributed by atoms with van der Waals surface area (Å²) in [5.41, 5.74) is 0. The molecule has 0 aromatic heterocycles. The molecule has 0 spiro atoms. The number of ether oxygens (including phenoxy) is 2. The third-order valence-electron chi connectivity index (χ3n) is 5.85. The molecule has 26 heavy (non-hydrogen) atoms. The predicted molar refractivity (Wildman–Crippen MR) is 103 cm³/mol. The van der Waals surface area contributed by atoms with Crippen molar-refractivity contribution in [2.45, 2.75) is 103 Å². The Bertz CT molecular complexity index is 426. The van der Waals surface area contributed by atoms with Crippen molar-refractivity contribution in [1.29, 1.82) is 0 Å². The van der Waals surface area contributed by atoms with Gasteiger partial charge in [0.25, 0.3) is 0 Å². The molecule has 0 saturated heterocycles. The van der Waals surface area contributed by atoms with Gasteiger partial charge in [0.05, 0.1) is 18.4 Å². The van der Waals surface area contributed by atoms with Crippen molar-refractivity contribution < 1.29 is 19.1 Å². The van der Waals surface area contributed by atoms with E-state index in [1.807, 2.05) is 0 Å². The molecule has 150 valence electrons. The molecule has 0 heterocycles. The van der Waals surface area contributed by atoms with Gasteiger partial charge in [0.15, 0.2) is 0 Å². The first-order chi connectivity index (χ1) is 12.6. The van der Waals surface area contributed by atoms with Crippen LogP contribution >= 0.6 is 0 Å². The van der Waals surface area contributed by atoms with Gasteiger partial charge in [0.2, 0.25) is 0 Å². The Balaban J connectivity index is 1.64. The fourth-order valence-corrected chi connectivity index (χ4v) is 4.18. The van der Waals surface area contributed by atoms with Gasteiger partial charge in [-0.15, -0.1) is 0 Å². The summed E-state index contributed by atoms with van der Waals surface area (Å²) in [6.45, 7) is 4.99. The molecule has 2 atom stereocenters. The number of rotatable bonds is 9. The molecular formula is C22H38O4. The Kier molecular flexibility index (Phi) is 9.49. The van der Waals surface area contributed by atoms with Crippen molar-refractivity contribution in [1.82, 2.24) is 0 Å². The summed E-state index contributed by atoms with van der Waals surface area (Å²) in [7, 11) is 0. The van der Waals surface area contributed by atoms with Crippen LogP contribution in [-0.2, 0) is 19.1 Å². The second-order valence-electron chi connectivity index (χ2n) is 8.67. The highest BCUT2D eigenvalue weighted by molar-refractivity contribution is 5.76. The van der Waals surface area contributed by atoms with Crippen LogP contribution in [0.4, 0.5) is 0 Å². The van der Waals surface area contributed by atoms with E-state index < -0.39 is 0 Å². The zero-order valence-electron chi connectivity index (χ0n) is 16.8. The molecule has 2 aliphatic rings. The lowest BCUT2D eigenvalue weighted by Gasteiger charge is -2.29. The molecule has 0 aromatic carbocycles. The van der Waals surface area contributed by atoms with Crippen molar-refractivity contribution in [3.63, 3.8) is 0 Å². The molecule has 0 radical (unpaired) electrons. The number of carbonyl (C=O) groups excluding carboxylic acids is 2. The normalized spacial score (nSPS) is 24.4.